The monoisotopic (exact) mass is 297 g/mol. The van der Waals surface area contributed by atoms with E-state index < -0.39 is 11.6 Å². The number of halogens is 2. The van der Waals surface area contributed by atoms with Gasteiger partial charge in [-0.3, -0.25) is 0 Å². The fourth-order valence-electron chi connectivity index (χ4n) is 3.44. The number of hydrogen-bond donors (Lipinski definition) is 1. The van der Waals surface area contributed by atoms with Gasteiger partial charge in [-0.2, -0.15) is 0 Å². The molecule has 1 unspecified atom stereocenters. The van der Waals surface area contributed by atoms with Crippen molar-refractivity contribution >= 4 is 5.69 Å². The van der Waals surface area contributed by atoms with E-state index in [1.54, 1.807) is 0 Å². The third-order valence-corrected chi connectivity index (χ3v) is 4.56. The quantitative estimate of drug-likeness (QED) is 0.844. The van der Waals surface area contributed by atoms with Crippen molar-refractivity contribution in [1.29, 1.82) is 0 Å². The first-order chi connectivity index (χ1) is 10.1. The van der Waals surface area contributed by atoms with Crippen LogP contribution in [-0.2, 0) is 4.74 Å². The minimum atomic E-state index is -0.647. The SMILES string of the molecule is Nc1cc(F)c(OC2CCOC3(CCCCC3)C2)cc1F. The first-order valence-electron chi connectivity index (χ1n) is 7.63. The van der Waals surface area contributed by atoms with E-state index in [2.05, 4.69) is 0 Å². The van der Waals surface area contributed by atoms with Gasteiger partial charge in [0, 0.05) is 25.0 Å². The van der Waals surface area contributed by atoms with Crippen molar-refractivity contribution in [2.75, 3.05) is 12.3 Å². The lowest BCUT2D eigenvalue weighted by atomic mass is 9.79. The van der Waals surface area contributed by atoms with E-state index >= 15 is 0 Å². The van der Waals surface area contributed by atoms with Gasteiger partial charge in [0.2, 0.25) is 0 Å². The van der Waals surface area contributed by atoms with Gasteiger partial charge in [-0.05, 0) is 12.8 Å². The maximum Gasteiger partial charge on any atom is 0.167 e. The van der Waals surface area contributed by atoms with Crippen molar-refractivity contribution in [1.82, 2.24) is 0 Å². The fraction of sp³-hybridized carbons (Fsp3) is 0.625. The van der Waals surface area contributed by atoms with Crippen LogP contribution in [-0.4, -0.2) is 18.3 Å². The molecule has 2 fully saturated rings. The summed E-state index contributed by atoms with van der Waals surface area (Å²) in [5.74, 6) is -1.32. The lowest BCUT2D eigenvalue weighted by Crippen LogP contribution is -2.45. The second-order valence-electron chi connectivity index (χ2n) is 6.13. The average Bonchev–Trinajstić information content (AvgIpc) is 2.46. The molecule has 3 nitrogen and oxygen atoms in total. The van der Waals surface area contributed by atoms with E-state index in [0.29, 0.717) is 13.0 Å². The van der Waals surface area contributed by atoms with Crippen LogP contribution in [0.5, 0.6) is 5.75 Å². The van der Waals surface area contributed by atoms with E-state index in [-0.39, 0.29) is 23.1 Å². The zero-order valence-corrected chi connectivity index (χ0v) is 12.0. The molecule has 3 rings (SSSR count). The fourth-order valence-corrected chi connectivity index (χ4v) is 3.44. The molecule has 1 aliphatic carbocycles. The lowest BCUT2D eigenvalue weighted by molar-refractivity contribution is -0.130. The predicted molar refractivity (Wildman–Crippen MR) is 76.2 cm³/mol. The molecule has 1 aliphatic heterocycles. The Balaban J connectivity index is 1.71. The minimum absolute atomic E-state index is 0.0560. The normalized spacial score (nSPS) is 25.0. The molecule has 5 heteroatoms. The van der Waals surface area contributed by atoms with Crippen molar-refractivity contribution in [3.05, 3.63) is 23.8 Å². The highest BCUT2D eigenvalue weighted by Crippen LogP contribution is 2.40. The number of rotatable bonds is 2. The second kappa shape index (κ2) is 5.79. The van der Waals surface area contributed by atoms with Gasteiger partial charge in [0.15, 0.2) is 11.6 Å². The third kappa shape index (κ3) is 3.12. The summed E-state index contributed by atoms with van der Waals surface area (Å²) < 4.78 is 39.0. The number of ether oxygens (including phenoxy) is 2. The van der Waals surface area contributed by atoms with Crippen molar-refractivity contribution in [3.63, 3.8) is 0 Å². The Labute approximate surface area is 123 Å². The summed E-state index contributed by atoms with van der Waals surface area (Å²) in [6.45, 7) is 0.615. The molecule has 116 valence electrons. The summed E-state index contributed by atoms with van der Waals surface area (Å²) in [6, 6.07) is 2.01. The Bertz CT molecular complexity index is 510. The van der Waals surface area contributed by atoms with E-state index in [1.807, 2.05) is 0 Å². The average molecular weight is 297 g/mol. The second-order valence-corrected chi connectivity index (χ2v) is 6.13. The van der Waals surface area contributed by atoms with Crippen LogP contribution in [0.4, 0.5) is 14.5 Å². The zero-order valence-electron chi connectivity index (χ0n) is 12.0. The van der Waals surface area contributed by atoms with Gasteiger partial charge in [-0.25, -0.2) is 8.78 Å². The topological polar surface area (TPSA) is 44.5 Å². The maximum atomic E-state index is 13.8. The molecule has 0 aromatic heterocycles. The maximum absolute atomic E-state index is 13.8. The highest BCUT2D eigenvalue weighted by molar-refractivity contribution is 5.44. The molecule has 1 saturated heterocycles. The summed E-state index contributed by atoms with van der Waals surface area (Å²) in [6.07, 6.45) is 6.96. The highest BCUT2D eigenvalue weighted by Gasteiger charge is 2.39. The van der Waals surface area contributed by atoms with E-state index in [9.17, 15) is 8.78 Å². The van der Waals surface area contributed by atoms with Crippen LogP contribution in [0.15, 0.2) is 12.1 Å². The van der Waals surface area contributed by atoms with Crippen LogP contribution in [0.2, 0.25) is 0 Å². The lowest BCUT2D eigenvalue weighted by Gasteiger charge is -2.43. The number of nitrogens with two attached hydrogens (primary N) is 1. The van der Waals surface area contributed by atoms with Crippen LogP contribution in [0.3, 0.4) is 0 Å². The molecule has 1 spiro atoms. The number of nitrogen functional groups attached to an aromatic ring is 1. The Morgan fingerprint density at radius 2 is 1.90 bits per heavy atom. The summed E-state index contributed by atoms with van der Waals surface area (Å²) in [5, 5.41) is 0. The Hall–Kier alpha value is -1.36. The predicted octanol–water partition coefficient (Wildman–Crippen LogP) is 3.81. The molecule has 21 heavy (non-hydrogen) atoms. The molecule has 2 N–H and O–H groups in total. The summed E-state index contributed by atoms with van der Waals surface area (Å²) >= 11 is 0. The van der Waals surface area contributed by atoms with Gasteiger partial charge in [0.1, 0.15) is 11.9 Å². The Morgan fingerprint density at radius 3 is 2.67 bits per heavy atom. The van der Waals surface area contributed by atoms with Gasteiger partial charge >= 0.3 is 0 Å². The van der Waals surface area contributed by atoms with Crippen LogP contribution < -0.4 is 10.5 Å². The van der Waals surface area contributed by atoms with Gasteiger partial charge in [-0.15, -0.1) is 0 Å². The van der Waals surface area contributed by atoms with Crippen LogP contribution >= 0.6 is 0 Å². The standard InChI is InChI=1S/C16H21F2NO2/c17-12-9-15(13(18)8-14(12)19)21-11-4-7-20-16(10-11)5-2-1-3-6-16/h8-9,11H,1-7,10,19H2. The van der Waals surface area contributed by atoms with Gasteiger partial charge in [0.25, 0.3) is 0 Å². The number of anilines is 1. The molecule has 0 radical (unpaired) electrons. The van der Waals surface area contributed by atoms with Crippen molar-refractivity contribution in [3.8, 4) is 5.75 Å². The van der Waals surface area contributed by atoms with Gasteiger partial charge < -0.3 is 15.2 Å². The van der Waals surface area contributed by atoms with Gasteiger partial charge in [-0.1, -0.05) is 19.3 Å². The zero-order chi connectivity index (χ0) is 14.9. The van der Waals surface area contributed by atoms with Crippen LogP contribution in [0.1, 0.15) is 44.9 Å². The smallest absolute Gasteiger partial charge is 0.167 e. The highest BCUT2D eigenvalue weighted by atomic mass is 19.1. The van der Waals surface area contributed by atoms with Crippen molar-refractivity contribution < 1.29 is 18.3 Å². The first kappa shape index (κ1) is 14.6. The molecule has 2 aliphatic rings. The largest absolute Gasteiger partial charge is 0.487 e. The molecule has 1 atom stereocenters. The molecule has 0 amide bonds. The molecular weight excluding hydrogens is 276 g/mol. The van der Waals surface area contributed by atoms with Crippen LogP contribution in [0.25, 0.3) is 0 Å². The van der Waals surface area contributed by atoms with Crippen molar-refractivity contribution in [2.24, 2.45) is 0 Å². The molecule has 1 aromatic rings. The number of benzene rings is 1. The Kier molecular flexibility index (Phi) is 4.02. The minimum Gasteiger partial charge on any atom is -0.487 e. The van der Waals surface area contributed by atoms with Crippen molar-refractivity contribution in [2.45, 2.75) is 56.7 Å². The van der Waals surface area contributed by atoms with E-state index in [0.717, 1.165) is 44.2 Å². The van der Waals surface area contributed by atoms with Crippen LogP contribution in [0, 0.1) is 11.6 Å². The molecule has 1 aromatic carbocycles. The third-order valence-electron chi connectivity index (χ3n) is 4.56. The van der Waals surface area contributed by atoms with Gasteiger partial charge in [0.05, 0.1) is 17.9 Å². The molecule has 1 heterocycles. The molecule has 0 bridgehead atoms. The van der Waals surface area contributed by atoms with E-state index in [1.165, 1.54) is 6.42 Å². The summed E-state index contributed by atoms with van der Waals surface area (Å²) in [7, 11) is 0. The first-order valence-corrected chi connectivity index (χ1v) is 7.63. The number of hydrogen-bond acceptors (Lipinski definition) is 3. The van der Waals surface area contributed by atoms with E-state index in [4.69, 9.17) is 15.2 Å². The molecular formula is C16H21F2NO2. The summed E-state index contributed by atoms with van der Waals surface area (Å²) in [4.78, 5) is 0. The molecule has 1 saturated carbocycles. The summed E-state index contributed by atoms with van der Waals surface area (Å²) in [5.41, 5.74) is 5.02. The Morgan fingerprint density at radius 1 is 1.14 bits per heavy atom.